The van der Waals surface area contributed by atoms with E-state index in [-0.39, 0.29) is 12.5 Å². The number of amides is 1. The molecule has 0 radical (unpaired) electrons. The Balaban J connectivity index is 1.68. The molecule has 0 atom stereocenters. The zero-order chi connectivity index (χ0) is 12.8. The summed E-state index contributed by atoms with van der Waals surface area (Å²) >= 11 is 3.05. The lowest BCUT2D eigenvalue weighted by molar-refractivity contribution is -0.143. The molecule has 0 spiro atoms. The van der Waals surface area contributed by atoms with Crippen LogP contribution in [0.4, 0.5) is 0 Å². The molecule has 0 aliphatic heterocycles. The largest absolute Gasteiger partial charge is 0.481 e. The Kier molecular flexibility index (Phi) is 2.64. The van der Waals surface area contributed by atoms with E-state index < -0.39 is 11.4 Å². The molecule has 0 bridgehead atoms. The van der Waals surface area contributed by atoms with E-state index in [9.17, 15) is 9.59 Å². The van der Waals surface area contributed by atoms with Crippen LogP contribution in [0.15, 0.2) is 17.5 Å². The molecule has 0 unspecified atom stereocenters. The summed E-state index contributed by atoms with van der Waals surface area (Å²) in [7, 11) is 0. The van der Waals surface area contributed by atoms with E-state index >= 15 is 0 Å². The predicted molar refractivity (Wildman–Crippen MR) is 71.3 cm³/mol. The first-order valence-corrected chi connectivity index (χ1v) is 7.29. The molecule has 0 aromatic carbocycles. The Morgan fingerprint density at radius 1 is 1.39 bits per heavy atom. The zero-order valence-electron chi connectivity index (χ0n) is 9.43. The first-order chi connectivity index (χ1) is 8.61. The van der Waals surface area contributed by atoms with E-state index in [0.29, 0.717) is 17.7 Å². The SMILES string of the molecule is O=C(NCC1(C(=O)O)CC1)c1cc2sccc2s1. The van der Waals surface area contributed by atoms with Gasteiger partial charge >= 0.3 is 5.97 Å². The first kappa shape index (κ1) is 11.7. The van der Waals surface area contributed by atoms with Gasteiger partial charge in [0.15, 0.2) is 0 Å². The van der Waals surface area contributed by atoms with Gasteiger partial charge in [0.25, 0.3) is 5.91 Å². The number of nitrogens with one attached hydrogen (secondary N) is 1. The van der Waals surface area contributed by atoms with Gasteiger partial charge < -0.3 is 10.4 Å². The molecule has 18 heavy (non-hydrogen) atoms. The van der Waals surface area contributed by atoms with Crippen molar-refractivity contribution in [3.05, 3.63) is 22.4 Å². The van der Waals surface area contributed by atoms with Gasteiger partial charge in [0, 0.05) is 15.9 Å². The fourth-order valence-electron chi connectivity index (χ4n) is 1.83. The van der Waals surface area contributed by atoms with Crippen molar-refractivity contribution >= 4 is 43.9 Å². The van der Waals surface area contributed by atoms with E-state index in [4.69, 9.17) is 5.11 Å². The van der Waals surface area contributed by atoms with Crippen LogP contribution in [0.3, 0.4) is 0 Å². The summed E-state index contributed by atoms with van der Waals surface area (Å²) in [6, 6.07) is 3.85. The number of aliphatic carboxylic acids is 1. The van der Waals surface area contributed by atoms with Gasteiger partial charge in [0.05, 0.1) is 10.3 Å². The van der Waals surface area contributed by atoms with E-state index in [1.807, 2.05) is 17.5 Å². The van der Waals surface area contributed by atoms with Crippen molar-refractivity contribution in [2.45, 2.75) is 12.8 Å². The van der Waals surface area contributed by atoms with Gasteiger partial charge in [-0.3, -0.25) is 9.59 Å². The molecule has 1 saturated carbocycles. The summed E-state index contributed by atoms with van der Waals surface area (Å²) in [5.74, 6) is -0.981. The average molecular weight is 281 g/mol. The number of carboxylic acids is 1. The number of fused-ring (bicyclic) bond motifs is 1. The van der Waals surface area contributed by atoms with Crippen molar-refractivity contribution in [3.8, 4) is 0 Å². The van der Waals surface area contributed by atoms with E-state index in [1.165, 1.54) is 11.3 Å². The molecule has 2 N–H and O–H groups in total. The third-order valence-electron chi connectivity index (χ3n) is 3.26. The van der Waals surface area contributed by atoms with Gasteiger partial charge in [-0.25, -0.2) is 0 Å². The van der Waals surface area contributed by atoms with Gasteiger partial charge in [0.2, 0.25) is 0 Å². The van der Waals surface area contributed by atoms with Crippen LogP contribution < -0.4 is 5.32 Å². The predicted octanol–water partition coefficient (Wildman–Crippen LogP) is 2.56. The summed E-state index contributed by atoms with van der Waals surface area (Å²) in [5.41, 5.74) is -0.704. The molecule has 2 aromatic heterocycles. The van der Waals surface area contributed by atoms with Crippen molar-refractivity contribution in [2.75, 3.05) is 6.54 Å². The molecule has 4 nitrogen and oxygen atoms in total. The van der Waals surface area contributed by atoms with Crippen molar-refractivity contribution in [1.82, 2.24) is 5.32 Å². The fourth-order valence-corrected chi connectivity index (χ4v) is 3.86. The third-order valence-corrected chi connectivity index (χ3v) is 5.35. The van der Waals surface area contributed by atoms with Crippen LogP contribution in [0.5, 0.6) is 0 Å². The molecule has 1 amide bonds. The summed E-state index contributed by atoms with van der Waals surface area (Å²) in [5, 5.41) is 13.7. The van der Waals surface area contributed by atoms with Gasteiger partial charge in [-0.2, -0.15) is 0 Å². The van der Waals surface area contributed by atoms with Crippen LogP contribution in [0.25, 0.3) is 9.40 Å². The van der Waals surface area contributed by atoms with Crippen molar-refractivity contribution in [3.63, 3.8) is 0 Å². The molecule has 94 valence electrons. The minimum atomic E-state index is -0.810. The number of hydrogen-bond acceptors (Lipinski definition) is 4. The number of hydrogen-bond donors (Lipinski definition) is 2. The van der Waals surface area contributed by atoms with Crippen molar-refractivity contribution < 1.29 is 14.7 Å². The van der Waals surface area contributed by atoms with Crippen LogP contribution >= 0.6 is 22.7 Å². The standard InChI is InChI=1S/C12H11NO3S2/c14-10(13-6-12(2-3-12)11(15)16)9-5-8-7(18-9)1-4-17-8/h1,4-5H,2-3,6H2,(H,13,14)(H,15,16). The lowest BCUT2D eigenvalue weighted by atomic mass is 10.1. The Bertz CT molecular complexity index is 596. The third kappa shape index (κ3) is 1.91. The number of thiophene rings is 2. The highest BCUT2D eigenvalue weighted by atomic mass is 32.1. The van der Waals surface area contributed by atoms with Gasteiger partial charge in [-0.05, 0) is 30.4 Å². The minimum Gasteiger partial charge on any atom is -0.481 e. The topological polar surface area (TPSA) is 66.4 Å². The van der Waals surface area contributed by atoms with Crippen LogP contribution in [-0.4, -0.2) is 23.5 Å². The second-order valence-electron chi connectivity index (χ2n) is 4.53. The minimum absolute atomic E-state index is 0.170. The second kappa shape index (κ2) is 4.07. The first-order valence-electron chi connectivity index (χ1n) is 5.59. The second-order valence-corrected chi connectivity index (χ2v) is 6.56. The van der Waals surface area contributed by atoms with Gasteiger partial charge in [-0.15, -0.1) is 22.7 Å². The monoisotopic (exact) mass is 281 g/mol. The molecule has 6 heteroatoms. The lowest BCUT2D eigenvalue weighted by Crippen LogP contribution is -2.33. The number of carbonyl (C=O) groups is 2. The smallest absolute Gasteiger partial charge is 0.311 e. The highest BCUT2D eigenvalue weighted by Gasteiger charge is 2.50. The van der Waals surface area contributed by atoms with Crippen LogP contribution in [0.2, 0.25) is 0 Å². The van der Waals surface area contributed by atoms with E-state index in [2.05, 4.69) is 5.32 Å². The highest BCUT2D eigenvalue weighted by Crippen LogP contribution is 2.45. The Morgan fingerprint density at radius 3 is 2.78 bits per heavy atom. The molecule has 2 heterocycles. The van der Waals surface area contributed by atoms with Gasteiger partial charge in [-0.1, -0.05) is 0 Å². The van der Waals surface area contributed by atoms with Crippen LogP contribution in [0, 0.1) is 5.41 Å². The molecular formula is C12H11NO3S2. The maximum Gasteiger partial charge on any atom is 0.311 e. The maximum atomic E-state index is 11.9. The maximum absolute atomic E-state index is 11.9. The summed E-state index contributed by atoms with van der Waals surface area (Å²) < 4.78 is 2.20. The van der Waals surface area contributed by atoms with Crippen LogP contribution in [-0.2, 0) is 4.79 Å². The molecule has 0 saturated heterocycles. The summed E-state index contributed by atoms with van der Waals surface area (Å²) in [6.45, 7) is 0.229. The summed E-state index contributed by atoms with van der Waals surface area (Å²) in [4.78, 5) is 23.6. The quantitative estimate of drug-likeness (QED) is 0.905. The average Bonchev–Trinajstić information content (AvgIpc) is 2.82. The molecule has 1 fully saturated rings. The molecule has 1 aliphatic carbocycles. The zero-order valence-corrected chi connectivity index (χ0v) is 11.1. The normalized spacial score (nSPS) is 16.7. The number of carboxylic acid groups (broad SMARTS) is 1. The van der Waals surface area contributed by atoms with E-state index in [0.717, 1.165) is 9.40 Å². The molecular weight excluding hydrogens is 270 g/mol. The fraction of sp³-hybridized carbons (Fsp3) is 0.333. The number of rotatable bonds is 4. The summed E-state index contributed by atoms with van der Waals surface area (Å²) in [6.07, 6.45) is 1.31. The Hall–Kier alpha value is -1.40. The molecule has 1 aliphatic rings. The Morgan fingerprint density at radius 2 is 2.17 bits per heavy atom. The van der Waals surface area contributed by atoms with Crippen molar-refractivity contribution in [1.29, 1.82) is 0 Å². The van der Waals surface area contributed by atoms with Gasteiger partial charge in [0.1, 0.15) is 0 Å². The molecule has 2 aromatic rings. The lowest BCUT2D eigenvalue weighted by Gasteiger charge is -2.09. The van der Waals surface area contributed by atoms with Crippen molar-refractivity contribution in [2.24, 2.45) is 5.41 Å². The Labute approximate surface area is 111 Å². The molecule has 3 rings (SSSR count). The highest BCUT2D eigenvalue weighted by molar-refractivity contribution is 7.27. The number of carbonyl (C=O) groups excluding carboxylic acids is 1. The van der Waals surface area contributed by atoms with Crippen LogP contribution in [0.1, 0.15) is 22.5 Å². The van der Waals surface area contributed by atoms with E-state index in [1.54, 1.807) is 11.3 Å².